The number of carboxylic acids is 1. The molecule has 1 rings (SSSR count). The van der Waals surface area contributed by atoms with E-state index in [1.54, 1.807) is 0 Å². The fourth-order valence-electron chi connectivity index (χ4n) is 2.08. The van der Waals surface area contributed by atoms with Crippen LogP contribution in [-0.4, -0.2) is 76.7 Å². The lowest BCUT2D eigenvalue weighted by atomic mass is 10.2. The molecule has 1 saturated heterocycles. The molecule has 0 saturated carbocycles. The molecule has 0 aromatic rings. The van der Waals surface area contributed by atoms with Crippen LogP contribution in [0.5, 0.6) is 0 Å². The van der Waals surface area contributed by atoms with Crippen molar-refractivity contribution in [3.8, 4) is 0 Å². The highest BCUT2D eigenvalue weighted by Crippen LogP contribution is 2.19. The summed E-state index contributed by atoms with van der Waals surface area (Å²) < 4.78 is 0. The highest BCUT2D eigenvalue weighted by molar-refractivity contribution is 5.87. The van der Waals surface area contributed by atoms with E-state index in [-0.39, 0.29) is 25.4 Å². The molecule has 0 aromatic carbocycles. The molecule has 114 valence electrons. The second-order valence-electron chi connectivity index (χ2n) is 4.88. The van der Waals surface area contributed by atoms with Gasteiger partial charge in [-0.3, -0.25) is 4.79 Å². The van der Waals surface area contributed by atoms with Crippen molar-refractivity contribution in [2.75, 3.05) is 26.7 Å². The average Bonchev–Trinajstić information content (AvgIpc) is 2.77. The van der Waals surface area contributed by atoms with Crippen molar-refractivity contribution < 1.29 is 24.6 Å². The Kier molecular flexibility index (Phi) is 5.75. The van der Waals surface area contributed by atoms with Gasteiger partial charge in [0.2, 0.25) is 5.91 Å². The lowest BCUT2D eigenvalue weighted by molar-refractivity contribution is -0.141. The van der Waals surface area contributed by atoms with Crippen molar-refractivity contribution in [3.05, 3.63) is 0 Å². The number of carboxylic acid groups (broad SMARTS) is 1. The quantitative estimate of drug-likeness (QED) is 0.606. The summed E-state index contributed by atoms with van der Waals surface area (Å²) in [6, 6.07) is -1.61. The first-order valence-corrected chi connectivity index (χ1v) is 6.56. The minimum absolute atomic E-state index is 0.0109. The lowest BCUT2D eigenvalue weighted by Crippen LogP contribution is -2.49. The number of amides is 3. The molecule has 0 aliphatic carbocycles. The first-order valence-electron chi connectivity index (χ1n) is 6.56. The molecule has 0 unspecified atom stereocenters. The fraction of sp³-hybridized carbons (Fsp3) is 0.750. The van der Waals surface area contributed by atoms with Gasteiger partial charge in [0, 0.05) is 26.6 Å². The summed E-state index contributed by atoms with van der Waals surface area (Å²) in [6.45, 7) is 2.27. The van der Waals surface area contributed by atoms with Crippen molar-refractivity contribution in [2.45, 2.75) is 31.9 Å². The number of urea groups is 1. The minimum Gasteiger partial charge on any atom is -0.480 e. The van der Waals surface area contributed by atoms with Gasteiger partial charge in [-0.25, -0.2) is 9.59 Å². The number of likely N-dealkylation sites (tertiary alicyclic amines) is 1. The second-order valence-corrected chi connectivity index (χ2v) is 4.88. The first kappa shape index (κ1) is 16.2. The maximum absolute atomic E-state index is 12.1. The Bertz CT molecular complexity index is 387. The van der Waals surface area contributed by atoms with Crippen molar-refractivity contribution in [1.29, 1.82) is 0 Å². The third-order valence-corrected chi connectivity index (χ3v) is 3.09. The molecular formula is C12H21N3O5. The number of carbonyl (C=O) groups is 3. The van der Waals surface area contributed by atoms with Gasteiger partial charge >= 0.3 is 12.0 Å². The number of nitrogens with zero attached hydrogens (tertiary/aromatic N) is 2. The van der Waals surface area contributed by atoms with Gasteiger partial charge in [-0.1, -0.05) is 6.92 Å². The number of hydrogen-bond acceptors (Lipinski definition) is 4. The highest BCUT2D eigenvalue weighted by atomic mass is 16.4. The number of rotatable bonds is 5. The number of carbonyl (C=O) groups excluding carboxylic acids is 2. The molecule has 3 amide bonds. The summed E-state index contributed by atoms with van der Waals surface area (Å²) in [5, 5.41) is 21.2. The highest BCUT2D eigenvalue weighted by Gasteiger charge is 2.40. The Morgan fingerprint density at radius 1 is 1.40 bits per heavy atom. The van der Waals surface area contributed by atoms with Crippen molar-refractivity contribution >= 4 is 17.9 Å². The predicted molar refractivity (Wildman–Crippen MR) is 70.1 cm³/mol. The van der Waals surface area contributed by atoms with Gasteiger partial charge in [-0.15, -0.1) is 0 Å². The largest absolute Gasteiger partial charge is 0.480 e. The van der Waals surface area contributed by atoms with Crippen LogP contribution in [0.1, 0.15) is 19.8 Å². The van der Waals surface area contributed by atoms with Crippen molar-refractivity contribution in [3.63, 3.8) is 0 Å². The van der Waals surface area contributed by atoms with Crippen LogP contribution >= 0.6 is 0 Å². The molecular weight excluding hydrogens is 266 g/mol. The van der Waals surface area contributed by atoms with Gasteiger partial charge in [0.05, 0.1) is 6.10 Å². The van der Waals surface area contributed by atoms with E-state index < -0.39 is 24.1 Å². The first-order chi connectivity index (χ1) is 9.36. The van der Waals surface area contributed by atoms with E-state index in [2.05, 4.69) is 5.32 Å². The third-order valence-electron chi connectivity index (χ3n) is 3.09. The molecule has 1 aliphatic heterocycles. The zero-order valence-corrected chi connectivity index (χ0v) is 11.7. The molecule has 2 atom stereocenters. The molecule has 0 bridgehead atoms. The Hall–Kier alpha value is -1.83. The molecule has 8 heteroatoms. The summed E-state index contributed by atoms with van der Waals surface area (Å²) >= 11 is 0. The molecule has 1 heterocycles. The minimum atomic E-state index is -1.15. The fourth-order valence-corrected chi connectivity index (χ4v) is 2.08. The number of nitrogens with one attached hydrogen (secondary N) is 1. The van der Waals surface area contributed by atoms with E-state index in [0.717, 1.165) is 16.2 Å². The van der Waals surface area contributed by atoms with E-state index >= 15 is 0 Å². The van der Waals surface area contributed by atoms with Gasteiger partial charge in [-0.2, -0.15) is 0 Å². The normalized spacial score (nSPS) is 21.6. The monoisotopic (exact) mass is 287 g/mol. The molecule has 0 radical (unpaired) electrons. The number of aliphatic hydroxyl groups is 1. The average molecular weight is 287 g/mol. The molecule has 8 nitrogen and oxygen atoms in total. The number of β-amino-alcohol motifs (C(OH)–C–C–N with tert-alkyl or cyclic N) is 1. The van der Waals surface area contributed by atoms with E-state index in [0.29, 0.717) is 6.54 Å². The van der Waals surface area contributed by atoms with Crippen LogP contribution in [0.4, 0.5) is 4.79 Å². The lowest BCUT2D eigenvalue weighted by Gasteiger charge is -2.27. The van der Waals surface area contributed by atoms with Crippen LogP contribution in [0.25, 0.3) is 0 Å². The van der Waals surface area contributed by atoms with Gasteiger partial charge in [0.15, 0.2) is 0 Å². The van der Waals surface area contributed by atoms with Crippen molar-refractivity contribution in [2.24, 2.45) is 0 Å². The molecule has 1 fully saturated rings. The molecule has 0 spiro atoms. The Morgan fingerprint density at radius 2 is 2.05 bits per heavy atom. The summed E-state index contributed by atoms with van der Waals surface area (Å²) in [5.74, 6) is -1.45. The topological polar surface area (TPSA) is 110 Å². The molecule has 20 heavy (non-hydrogen) atoms. The van der Waals surface area contributed by atoms with E-state index in [9.17, 15) is 19.5 Å². The summed E-state index contributed by atoms with van der Waals surface area (Å²) in [6.07, 6.45) is -0.0397. The Morgan fingerprint density at radius 3 is 2.60 bits per heavy atom. The van der Waals surface area contributed by atoms with Crippen LogP contribution in [-0.2, 0) is 9.59 Å². The van der Waals surface area contributed by atoms with Gasteiger partial charge in [0.25, 0.3) is 0 Å². The van der Waals surface area contributed by atoms with Crippen LogP contribution in [0.2, 0.25) is 0 Å². The van der Waals surface area contributed by atoms with E-state index in [1.807, 2.05) is 6.92 Å². The molecule has 0 aromatic heterocycles. The second kappa shape index (κ2) is 7.09. The van der Waals surface area contributed by atoms with Crippen LogP contribution in [0.3, 0.4) is 0 Å². The summed E-state index contributed by atoms with van der Waals surface area (Å²) in [7, 11) is 1.43. The van der Waals surface area contributed by atoms with Gasteiger partial charge in [0.1, 0.15) is 12.6 Å². The number of aliphatic carboxylic acids is 1. The summed E-state index contributed by atoms with van der Waals surface area (Å²) in [4.78, 5) is 36.9. The maximum Gasteiger partial charge on any atom is 0.326 e. The number of likely N-dealkylation sites (N-methyl/N-ethyl adjacent to an activating group) is 1. The van der Waals surface area contributed by atoms with E-state index in [1.165, 1.54) is 7.05 Å². The molecule has 1 aliphatic rings. The van der Waals surface area contributed by atoms with Crippen LogP contribution < -0.4 is 5.32 Å². The standard InChI is InChI=1S/C12H21N3O5/c1-3-4-13-10(17)7-14(2)12(20)15-6-8(16)5-9(15)11(18)19/h8-9,16H,3-7H2,1-2H3,(H,13,17)(H,18,19)/t8-,9-/m0/s1. The zero-order valence-electron chi connectivity index (χ0n) is 11.7. The Balaban J connectivity index is 2.59. The SMILES string of the molecule is CCCNC(=O)CN(C)C(=O)N1C[C@@H](O)C[C@H]1C(=O)O. The van der Waals surface area contributed by atoms with Gasteiger partial charge in [-0.05, 0) is 6.42 Å². The third kappa shape index (κ3) is 4.09. The molecule has 3 N–H and O–H groups in total. The summed E-state index contributed by atoms with van der Waals surface area (Å²) in [5.41, 5.74) is 0. The zero-order chi connectivity index (χ0) is 15.3. The van der Waals surface area contributed by atoms with Crippen molar-refractivity contribution in [1.82, 2.24) is 15.1 Å². The smallest absolute Gasteiger partial charge is 0.326 e. The van der Waals surface area contributed by atoms with Crippen LogP contribution in [0.15, 0.2) is 0 Å². The van der Waals surface area contributed by atoms with Gasteiger partial charge < -0.3 is 25.3 Å². The Labute approximate surface area is 117 Å². The van der Waals surface area contributed by atoms with E-state index in [4.69, 9.17) is 5.11 Å². The maximum atomic E-state index is 12.1. The van der Waals surface area contributed by atoms with Crippen LogP contribution in [0, 0.1) is 0 Å². The predicted octanol–water partition coefficient (Wildman–Crippen LogP) is -0.916. The number of aliphatic hydroxyl groups excluding tert-OH is 1. The number of hydrogen-bond donors (Lipinski definition) is 3.